The number of methoxy groups -OCH3 is 1. The second-order valence-corrected chi connectivity index (χ2v) is 8.21. The normalized spacial score (nSPS) is 17.5. The fourth-order valence-corrected chi connectivity index (χ4v) is 4.23. The van der Waals surface area contributed by atoms with Crippen molar-refractivity contribution in [3.05, 3.63) is 100 Å². The molecule has 1 amide bonds. The summed E-state index contributed by atoms with van der Waals surface area (Å²) in [6, 6.07) is 19.5. The molecule has 1 unspecified atom stereocenters. The van der Waals surface area contributed by atoms with E-state index < -0.39 is 17.7 Å². The molecule has 5 heteroatoms. The third-order valence-electron chi connectivity index (χ3n) is 6.35. The van der Waals surface area contributed by atoms with Crippen LogP contribution in [0.15, 0.2) is 72.3 Å². The highest BCUT2D eigenvalue weighted by Crippen LogP contribution is 2.43. The van der Waals surface area contributed by atoms with Gasteiger partial charge in [0, 0.05) is 11.3 Å². The Bertz CT molecular complexity index is 1240. The molecule has 1 aliphatic rings. The molecular formula is C28H27NO4. The van der Waals surface area contributed by atoms with Crippen molar-refractivity contribution < 1.29 is 19.4 Å². The van der Waals surface area contributed by atoms with E-state index in [1.807, 2.05) is 63.2 Å². The van der Waals surface area contributed by atoms with Gasteiger partial charge in [0.25, 0.3) is 11.7 Å². The zero-order valence-electron chi connectivity index (χ0n) is 19.3. The van der Waals surface area contributed by atoms with Gasteiger partial charge in [-0.3, -0.25) is 14.5 Å². The number of nitrogens with zero attached hydrogens (tertiary/aromatic N) is 1. The SMILES string of the molecule is CCc1ccc(/C(O)=C2\C(=O)C(=O)N(c3cccc(C)c3C)C2c2ccc(OC)cc2)cc1. The number of aliphatic hydroxyl groups is 1. The van der Waals surface area contributed by atoms with E-state index in [-0.39, 0.29) is 11.3 Å². The monoisotopic (exact) mass is 441 g/mol. The lowest BCUT2D eigenvalue weighted by atomic mass is 9.94. The van der Waals surface area contributed by atoms with Crippen molar-refractivity contribution in [2.75, 3.05) is 12.0 Å². The van der Waals surface area contributed by atoms with Crippen LogP contribution in [-0.4, -0.2) is 23.9 Å². The van der Waals surface area contributed by atoms with Crippen molar-refractivity contribution in [2.45, 2.75) is 33.2 Å². The third kappa shape index (κ3) is 3.91. The summed E-state index contributed by atoms with van der Waals surface area (Å²) in [5.41, 5.74) is 4.98. The predicted octanol–water partition coefficient (Wildman–Crippen LogP) is 5.50. The van der Waals surface area contributed by atoms with Crippen LogP contribution in [0.5, 0.6) is 5.75 Å². The summed E-state index contributed by atoms with van der Waals surface area (Å²) in [6.45, 7) is 5.94. The Morgan fingerprint density at radius 1 is 0.970 bits per heavy atom. The Hall–Kier alpha value is -3.86. The Kier molecular flexibility index (Phi) is 6.05. The van der Waals surface area contributed by atoms with Crippen molar-refractivity contribution >= 4 is 23.1 Å². The number of carbonyl (C=O) groups is 2. The average Bonchev–Trinajstić information content (AvgIpc) is 3.10. The Balaban J connectivity index is 1.94. The molecule has 0 saturated carbocycles. The molecule has 168 valence electrons. The molecule has 1 saturated heterocycles. The van der Waals surface area contributed by atoms with Gasteiger partial charge in [-0.05, 0) is 60.7 Å². The van der Waals surface area contributed by atoms with Gasteiger partial charge >= 0.3 is 0 Å². The molecule has 0 aromatic heterocycles. The number of hydrogen-bond donors (Lipinski definition) is 1. The summed E-state index contributed by atoms with van der Waals surface area (Å²) in [4.78, 5) is 28.1. The molecule has 3 aromatic carbocycles. The maximum absolute atomic E-state index is 13.3. The highest BCUT2D eigenvalue weighted by atomic mass is 16.5. The van der Waals surface area contributed by atoms with Gasteiger partial charge in [0.05, 0.1) is 18.7 Å². The van der Waals surface area contributed by atoms with Crippen molar-refractivity contribution in [3.63, 3.8) is 0 Å². The smallest absolute Gasteiger partial charge is 0.300 e. The van der Waals surface area contributed by atoms with Crippen LogP contribution in [0.25, 0.3) is 5.76 Å². The standard InChI is InChI=1S/C28H27NO4/c1-5-19-9-11-21(12-10-19)26(30)24-25(20-13-15-22(33-4)16-14-20)29(28(32)27(24)31)23-8-6-7-17(2)18(23)3/h6-16,25,30H,5H2,1-4H3/b26-24+. The van der Waals surface area contributed by atoms with Crippen LogP contribution in [0.3, 0.4) is 0 Å². The molecule has 1 fully saturated rings. The van der Waals surface area contributed by atoms with E-state index in [9.17, 15) is 14.7 Å². The van der Waals surface area contributed by atoms with Crippen LogP contribution in [0.2, 0.25) is 0 Å². The Morgan fingerprint density at radius 2 is 1.64 bits per heavy atom. The van der Waals surface area contributed by atoms with Crippen LogP contribution < -0.4 is 9.64 Å². The summed E-state index contributed by atoms with van der Waals surface area (Å²) in [5.74, 6) is -0.868. The molecule has 33 heavy (non-hydrogen) atoms. The first-order valence-electron chi connectivity index (χ1n) is 11.0. The number of Topliss-reactive ketones (excluding diaryl/α,β-unsaturated/α-hetero) is 1. The molecule has 3 aromatic rings. The molecule has 1 heterocycles. The Morgan fingerprint density at radius 3 is 2.24 bits per heavy atom. The minimum atomic E-state index is -0.762. The van der Waals surface area contributed by atoms with Gasteiger partial charge in [0.2, 0.25) is 0 Å². The molecule has 5 nitrogen and oxygen atoms in total. The highest BCUT2D eigenvalue weighted by molar-refractivity contribution is 6.51. The minimum absolute atomic E-state index is 0.0790. The molecule has 1 aliphatic heterocycles. The van der Waals surface area contributed by atoms with E-state index >= 15 is 0 Å². The second-order valence-electron chi connectivity index (χ2n) is 8.21. The lowest BCUT2D eigenvalue weighted by Gasteiger charge is -2.27. The molecule has 0 radical (unpaired) electrons. The predicted molar refractivity (Wildman–Crippen MR) is 130 cm³/mol. The van der Waals surface area contributed by atoms with Gasteiger partial charge in [-0.25, -0.2) is 0 Å². The van der Waals surface area contributed by atoms with E-state index in [1.165, 1.54) is 4.90 Å². The fraction of sp³-hybridized carbons (Fsp3) is 0.214. The van der Waals surface area contributed by atoms with E-state index in [0.29, 0.717) is 22.6 Å². The van der Waals surface area contributed by atoms with E-state index in [1.54, 1.807) is 31.4 Å². The van der Waals surface area contributed by atoms with Gasteiger partial charge < -0.3 is 9.84 Å². The van der Waals surface area contributed by atoms with Gasteiger partial charge in [0.15, 0.2) is 0 Å². The number of aryl methyl sites for hydroxylation is 2. The largest absolute Gasteiger partial charge is 0.507 e. The number of amides is 1. The number of ether oxygens (including phenoxy) is 1. The molecule has 4 rings (SSSR count). The summed E-state index contributed by atoms with van der Waals surface area (Å²) in [5, 5.41) is 11.2. The van der Waals surface area contributed by atoms with Gasteiger partial charge in [-0.2, -0.15) is 0 Å². The van der Waals surface area contributed by atoms with Crippen LogP contribution >= 0.6 is 0 Å². The molecule has 0 aliphatic carbocycles. The third-order valence-corrected chi connectivity index (χ3v) is 6.35. The van der Waals surface area contributed by atoms with Gasteiger partial charge in [0.1, 0.15) is 11.5 Å². The summed E-state index contributed by atoms with van der Waals surface area (Å²) in [6.07, 6.45) is 0.865. The quantitative estimate of drug-likeness (QED) is 0.322. The van der Waals surface area contributed by atoms with E-state index in [2.05, 4.69) is 0 Å². The average molecular weight is 442 g/mol. The topological polar surface area (TPSA) is 66.8 Å². The number of ketones is 1. The van der Waals surface area contributed by atoms with Crippen molar-refractivity contribution in [1.82, 2.24) is 0 Å². The summed E-state index contributed by atoms with van der Waals surface area (Å²) >= 11 is 0. The lowest BCUT2D eigenvalue weighted by Crippen LogP contribution is -2.30. The van der Waals surface area contributed by atoms with Crippen molar-refractivity contribution in [3.8, 4) is 5.75 Å². The van der Waals surface area contributed by atoms with Crippen LogP contribution in [0.4, 0.5) is 5.69 Å². The van der Waals surface area contributed by atoms with E-state index in [0.717, 1.165) is 23.1 Å². The minimum Gasteiger partial charge on any atom is -0.507 e. The summed E-state index contributed by atoms with van der Waals surface area (Å²) in [7, 11) is 1.58. The summed E-state index contributed by atoms with van der Waals surface area (Å²) < 4.78 is 5.28. The van der Waals surface area contributed by atoms with Gasteiger partial charge in [-0.1, -0.05) is 55.5 Å². The maximum atomic E-state index is 13.3. The zero-order chi connectivity index (χ0) is 23.7. The highest BCUT2D eigenvalue weighted by Gasteiger charge is 2.47. The van der Waals surface area contributed by atoms with Crippen LogP contribution in [0, 0.1) is 13.8 Å². The molecule has 0 bridgehead atoms. The van der Waals surface area contributed by atoms with Crippen molar-refractivity contribution in [2.24, 2.45) is 0 Å². The van der Waals surface area contributed by atoms with E-state index in [4.69, 9.17) is 4.74 Å². The van der Waals surface area contributed by atoms with Crippen molar-refractivity contribution in [1.29, 1.82) is 0 Å². The first-order valence-corrected chi connectivity index (χ1v) is 11.0. The number of carbonyl (C=O) groups excluding carboxylic acids is 2. The van der Waals surface area contributed by atoms with Gasteiger partial charge in [-0.15, -0.1) is 0 Å². The number of rotatable bonds is 5. The first kappa shape index (κ1) is 22.3. The number of hydrogen-bond acceptors (Lipinski definition) is 4. The lowest BCUT2D eigenvalue weighted by molar-refractivity contribution is -0.132. The number of benzene rings is 3. The molecule has 0 spiro atoms. The first-order chi connectivity index (χ1) is 15.9. The molecule has 1 N–H and O–H groups in total. The zero-order valence-corrected chi connectivity index (χ0v) is 19.3. The van der Waals surface area contributed by atoms with Crippen LogP contribution in [0.1, 0.15) is 40.8 Å². The number of anilines is 1. The fourth-order valence-electron chi connectivity index (χ4n) is 4.23. The second kappa shape index (κ2) is 8.94. The maximum Gasteiger partial charge on any atom is 0.300 e. The molecule has 1 atom stereocenters. The molecular weight excluding hydrogens is 414 g/mol. The Labute approximate surface area is 193 Å². The number of aliphatic hydroxyl groups excluding tert-OH is 1. The van der Waals surface area contributed by atoms with Crippen LogP contribution in [-0.2, 0) is 16.0 Å².